The van der Waals surface area contributed by atoms with Gasteiger partial charge < -0.3 is 15.5 Å². The Kier molecular flexibility index (Phi) is 6.70. The van der Waals surface area contributed by atoms with E-state index < -0.39 is 0 Å². The van der Waals surface area contributed by atoms with Crippen LogP contribution in [-0.2, 0) is 9.59 Å². The van der Waals surface area contributed by atoms with Gasteiger partial charge in [0.2, 0.25) is 11.8 Å². The number of hydrogen-bond acceptors (Lipinski definition) is 4. The molecule has 0 aromatic carbocycles. The van der Waals surface area contributed by atoms with Crippen LogP contribution in [0.1, 0.15) is 51.9 Å². The van der Waals surface area contributed by atoms with E-state index in [2.05, 4.69) is 27.4 Å². The molecule has 0 aromatic rings. The second-order valence-corrected chi connectivity index (χ2v) is 7.95. The minimum atomic E-state index is 0.117. The number of amides is 2. The second kappa shape index (κ2) is 8.99. The van der Waals surface area contributed by atoms with Crippen molar-refractivity contribution in [3.63, 3.8) is 0 Å². The van der Waals surface area contributed by atoms with Crippen molar-refractivity contribution in [2.75, 3.05) is 39.3 Å². The molecule has 3 rings (SSSR count). The van der Waals surface area contributed by atoms with Crippen LogP contribution < -0.4 is 10.6 Å². The Morgan fingerprint density at radius 1 is 0.960 bits per heavy atom. The van der Waals surface area contributed by atoms with Gasteiger partial charge in [-0.25, -0.2) is 0 Å². The number of hydrogen-bond donors (Lipinski definition) is 2. The molecule has 2 N–H and O–H groups in total. The number of carbonyl (C=O) groups is 2. The molecule has 1 aliphatic carbocycles. The van der Waals surface area contributed by atoms with E-state index in [9.17, 15) is 9.59 Å². The van der Waals surface area contributed by atoms with Crippen LogP contribution in [0.4, 0.5) is 0 Å². The summed E-state index contributed by atoms with van der Waals surface area (Å²) in [6.07, 6.45) is 7.61. The first kappa shape index (κ1) is 18.6. The third-order valence-electron chi connectivity index (χ3n) is 5.84. The largest absolute Gasteiger partial charge is 0.355 e. The third-order valence-corrected chi connectivity index (χ3v) is 5.84. The monoisotopic (exact) mass is 350 g/mol. The molecule has 1 saturated carbocycles. The van der Waals surface area contributed by atoms with E-state index in [0.717, 1.165) is 70.9 Å². The summed E-state index contributed by atoms with van der Waals surface area (Å²) in [5, 5.41) is 6.20. The molecule has 0 spiro atoms. The van der Waals surface area contributed by atoms with E-state index in [0.29, 0.717) is 6.54 Å². The quantitative estimate of drug-likeness (QED) is 0.718. The zero-order valence-electron chi connectivity index (χ0n) is 15.6. The summed E-state index contributed by atoms with van der Waals surface area (Å²) >= 11 is 0. The molecule has 25 heavy (non-hydrogen) atoms. The standard InChI is InChI=1S/C19H34N4O2/c1-2-9-20-18(24)14-22-10-7-16(8-11-22)21-19(25)15-5-12-23(13-6-15)17-3-4-17/h15-17H,2-14H2,1H3,(H,20,24)(H,21,25). The first-order valence-electron chi connectivity index (χ1n) is 10.2. The number of likely N-dealkylation sites (tertiary alicyclic amines) is 2. The average Bonchev–Trinajstić information content (AvgIpc) is 3.47. The highest BCUT2D eigenvalue weighted by molar-refractivity contribution is 5.79. The molecule has 2 saturated heterocycles. The van der Waals surface area contributed by atoms with Crippen LogP contribution in [0.25, 0.3) is 0 Å². The number of carbonyl (C=O) groups excluding carboxylic acids is 2. The van der Waals surface area contributed by atoms with Crippen molar-refractivity contribution in [3.8, 4) is 0 Å². The van der Waals surface area contributed by atoms with Gasteiger partial charge in [0.25, 0.3) is 0 Å². The van der Waals surface area contributed by atoms with Gasteiger partial charge in [0, 0.05) is 37.6 Å². The maximum Gasteiger partial charge on any atom is 0.234 e. The van der Waals surface area contributed by atoms with Gasteiger partial charge >= 0.3 is 0 Å². The van der Waals surface area contributed by atoms with Crippen molar-refractivity contribution >= 4 is 11.8 Å². The smallest absolute Gasteiger partial charge is 0.234 e. The minimum Gasteiger partial charge on any atom is -0.355 e. The summed E-state index contributed by atoms with van der Waals surface area (Å²) in [5.41, 5.74) is 0. The third kappa shape index (κ3) is 5.68. The van der Waals surface area contributed by atoms with Crippen molar-refractivity contribution < 1.29 is 9.59 Å². The van der Waals surface area contributed by atoms with Crippen LogP contribution >= 0.6 is 0 Å². The number of nitrogens with zero attached hydrogens (tertiary/aromatic N) is 2. The minimum absolute atomic E-state index is 0.117. The van der Waals surface area contributed by atoms with Crippen molar-refractivity contribution in [3.05, 3.63) is 0 Å². The van der Waals surface area contributed by atoms with Gasteiger partial charge in [-0.3, -0.25) is 14.5 Å². The Hall–Kier alpha value is -1.14. The summed E-state index contributed by atoms with van der Waals surface area (Å²) in [6.45, 7) is 7.27. The molecule has 2 aliphatic heterocycles. The summed E-state index contributed by atoms with van der Waals surface area (Å²) in [4.78, 5) is 29.1. The molecule has 3 fully saturated rings. The lowest BCUT2D eigenvalue weighted by Crippen LogP contribution is -2.49. The Labute approximate surface area is 151 Å². The molecule has 0 atom stereocenters. The molecular weight excluding hydrogens is 316 g/mol. The van der Waals surface area contributed by atoms with Crippen LogP contribution in [-0.4, -0.2) is 73.0 Å². The second-order valence-electron chi connectivity index (χ2n) is 7.95. The SMILES string of the molecule is CCCNC(=O)CN1CCC(NC(=O)C2CCN(C3CC3)CC2)CC1. The topological polar surface area (TPSA) is 64.7 Å². The lowest BCUT2D eigenvalue weighted by atomic mass is 9.94. The Bertz CT molecular complexity index is 450. The molecule has 6 heteroatoms. The van der Waals surface area contributed by atoms with E-state index >= 15 is 0 Å². The van der Waals surface area contributed by atoms with Gasteiger partial charge in [0.15, 0.2) is 0 Å². The number of nitrogens with one attached hydrogen (secondary N) is 2. The highest BCUT2D eigenvalue weighted by Gasteiger charge is 2.34. The van der Waals surface area contributed by atoms with E-state index in [1.165, 1.54) is 12.8 Å². The van der Waals surface area contributed by atoms with Gasteiger partial charge in [0.05, 0.1) is 6.54 Å². The molecule has 0 unspecified atom stereocenters. The van der Waals surface area contributed by atoms with Crippen LogP contribution in [0.2, 0.25) is 0 Å². The fraction of sp³-hybridized carbons (Fsp3) is 0.895. The van der Waals surface area contributed by atoms with Gasteiger partial charge in [0.1, 0.15) is 0 Å². The number of piperidine rings is 2. The normalized spacial score (nSPS) is 24.2. The summed E-state index contributed by atoms with van der Waals surface area (Å²) in [5.74, 6) is 0.578. The molecule has 2 heterocycles. The molecule has 2 amide bonds. The lowest BCUT2D eigenvalue weighted by molar-refractivity contribution is -0.128. The van der Waals surface area contributed by atoms with Gasteiger partial charge in [-0.1, -0.05) is 6.92 Å². The highest BCUT2D eigenvalue weighted by atomic mass is 16.2. The average molecular weight is 351 g/mol. The number of rotatable bonds is 7. The van der Waals surface area contributed by atoms with Gasteiger partial charge in [-0.05, 0) is 58.0 Å². The Morgan fingerprint density at radius 2 is 1.64 bits per heavy atom. The van der Waals surface area contributed by atoms with E-state index in [-0.39, 0.29) is 23.8 Å². The fourth-order valence-corrected chi connectivity index (χ4v) is 4.04. The summed E-state index contributed by atoms with van der Waals surface area (Å²) in [6, 6.07) is 1.10. The molecular formula is C19H34N4O2. The Morgan fingerprint density at radius 3 is 2.24 bits per heavy atom. The van der Waals surface area contributed by atoms with E-state index in [1.807, 2.05) is 0 Å². The van der Waals surface area contributed by atoms with Crippen molar-refractivity contribution in [1.29, 1.82) is 0 Å². The van der Waals surface area contributed by atoms with E-state index in [4.69, 9.17) is 0 Å². The van der Waals surface area contributed by atoms with Crippen LogP contribution in [0.15, 0.2) is 0 Å². The predicted molar refractivity (Wildman–Crippen MR) is 98.2 cm³/mol. The van der Waals surface area contributed by atoms with Crippen LogP contribution in [0.5, 0.6) is 0 Å². The van der Waals surface area contributed by atoms with Crippen molar-refractivity contribution in [2.24, 2.45) is 5.92 Å². The van der Waals surface area contributed by atoms with Gasteiger partial charge in [-0.15, -0.1) is 0 Å². The fourth-order valence-electron chi connectivity index (χ4n) is 4.04. The van der Waals surface area contributed by atoms with Crippen LogP contribution in [0.3, 0.4) is 0 Å². The van der Waals surface area contributed by atoms with Crippen molar-refractivity contribution in [2.45, 2.75) is 64.0 Å². The first-order chi connectivity index (χ1) is 12.2. The molecule has 0 aromatic heterocycles. The first-order valence-corrected chi connectivity index (χ1v) is 10.2. The lowest BCUT2D eigenvalue weighted by Gasteiger charge is -2.34. The zero-order chi connectivity index (χ0) is 17.6. The maximum atomic E-state index is 12.5. The molecule has 6 nitrogen and oxygen atoms in total. The summed E-state index contributed by atoms with van der Waals surface area (Å²) < 4.78 is 0. The molecule has 0 radical (unpaired) electrons. The summed E-state index contributed by atoms with van der Waals surface area (Å²) in [7, 11) is 0. The highest BCUT2D eigenvalue weighted by Crippen LogP contribution is 2.30. The Balaban J connectivity index is 1.31. The predicted octanol–water partition coefficient (Wildman–Crippen LogP) is 0.968. The maximum absolute atomic E-state index is 12.5. The van der Waals surface area contributed by atoms with E-state index in [1.54, 1.807) is 0 Å². The molecule has 0 bridgehead atoms. The van der Waals surface area contributed by atoms with Crippen LogP contribution in [0, 0.1) is 5.92 Å². The molecule has 3 aliphatic rings. The molecule has 142 valence electrons. The van der Waals surface area contributed by atoms with Crippen molar-refractivity contribution in [1.82, 2.24) is 20.4 Å². The van der Waals surface area contributed by atoms with Gasteiger partial charge in [-0.2, -0.15) is 0 Å². The zero-order valence-corrected chi connectivity index (χ0v) is 15.6.